The topological polar surface area (TPSA) is 95.1 Å². The van der Waals surface area contributed by atoms with Crippen LogP contribution in [0.15, 0.2) is 24.5 Å². The van der Waals surface area contributed by atoms with Gasteiger partial charge in [-0.05, 0) is 25.1 Å². The summed E-state index contributed by atoms with van der Waals surface area (Å²) in [6.07, 6.45) is 2.33. The van der Waals surface area contributed by atoms with Crippen molar-refractivity contribution < 1.29 is 9.53 Å². The molecule has 7 nitrogen and oxygen atoms in total. The number of rotatable bonds is 6. The van der Waals surface area contributed by atoms with Gasteiger partial charge < -0.3 is 15.8 Å². The lowest BCUT2D eigenvalue weighted by atomic mass is 10.1. The minimum absolute atomic E-state index is 0.345. The van der Waals surface area contributed by atoms with Gasteiger partial charge in [0.2, 0.25) is 0 Å². The second-order valence-electron chi connectivity index (χ2n) is 4.53. The van der Waals surface area contributed by atoms with Crippen LogP contribution in [0.4, 0.5) is 11.4 Å². The van der Waals surface area contributed by atoms with Crippen LogP contribution in [0.5, 0.6) is 0 Å². The van der Waals surface area contributed by atoms with Crippen molar-refractivity contribution in [3.8, 4) is 0 Å². The Morgan fingerprint density at radius 2 is 2.29 bits per heavy atom. The molecule has 0 saturated carbocycles. The van der Waals surface area contributed by atoms with E-state index in [1.807, 2.05) is 7.05 Å². The Kier molecular flexibility index (Phi) is 4.76. The third kappa shape index (κ3) is 3.95. The molecule has 21 heavy (non-hydrogen) atoms. The zero-order chi connectivity index (χ0) is 15.2. The van der Waals surface area contributed by atoms with Crippen molar-refractivity contribution in [2.45, 2.75) is 13.3 Å². The van der Waals surface area contributed by atoms with Crippen LogP contribution in [-0.4, -0.2) is 33.9 Å². The summed E-state index contributed by atoms with van der Waals surface area (Å²) in [5, 5.41) is 7.38. The molecule has 0 saturated heterocycles. The van der Waals surface area contributed by atoms with Crippen LogP contribution in [-0.2, 0) is 18.2 Å². The first kappa shape index (κ1) is 14.8. The van der Waals surface area contributed by atoms with E-state index in [0.717, 1.165) is 5.82 Å². The molecule has 2 aromatic rings. The maximum absolute atomic E-state index is 11.7. The van der Waals surface area contributed by atoms with Crippen LogP contribution in [0.3, 0.4) is 0 Å². The van der Waals surface area contributed by atoms with Crippen LogP contribution in [0, 0.1) is 0 Å². The largest absolute Gasteiger partial charge is 0.462 e. The van der Waals surface area contributed by atoms with Crippen molar-refractivity contribution in [2.24, 2.45) is 7.05 Å². The van der Waals surface area contributed by atoms with Gasteiger partial charge in [-0.25, -0.2) is 9.78 Å². The van der Waals surface area contributed by atoms with E-state index in [4.69, 9.17) is 10.5 Å². The third-order valence-electron chi connectivity index (χ3n) is 2.88. The number of nitrogen functional groups attached to an aromatic ring is 1. The number of anilines is 2. The zero-order valence-electron chi connectivity index (χ0n) is 12.2. The summed E-state index contributed by atoms with van der Waals surface area (Å²) in [5.41, 5.74) is 7.66. The van der Waals surface area contributed by atoms with Gasteiger partial charge in [0.25, 0.3) is 0 Å². The highest BCUT2D eigenvalue weighted by Gasteiger charge is 2.09. The first-order chi connectivity index (χ1) is 10.1. The molecule has 0 radical (unpaired) electrons. The highest BCUT2D eigenvalue weighted by molar-refractivity contribution is 5.92. The number of aryl methyl sites for hydroxylation is 1. The number of aromatic nitrogens is 3. The van der Waals surface area contributed by atoms with E-state index >= 15 is 0 Å². The third-order valence-corrected chi connectivity index (χ3v) is 2.88. The number of nitrogens with zero attached hydrogens (tertiary/aromatic N) is 3. The van der Waals surface area contributed by atoms with Gasteiger partial charge in [-0.2, -0.15) is 5.10 Å². The molecule has 7 heteroatoms. The molecular formula is C14H19N5O2. The SMILES string of the molecule is CCOC(=O)c1ccc(N)c(NCCc2ncn(C)n2)c1. The molecule has 3 N–H and O–H groups in total. The molecule has 0 aliphatic carbocycles. The van der Waals surface area contributed by atoms with E-state index in [2.05, 4.69) is 15.4 Å². The first-order valence-corrected chi connectivity index (χ1v) is 6.75. The summed E-state index contributed by atoms with van der Waals surface area (Å²) in [6, 6.07) is 5.03. The molecule has 112 valence electrons. The number of hydrogen-bond acceptors (Lipinski definition) is 6. The van der Waals surface area contributed by atoms with Crippen LogP contribution in [0.1, 0.15) is 23.1 Å². The highest BCUT2D eigenvalue weighted by atomic mass is 16.5. The minimum Gasteiger partial charge on any atom is -0.462 e. The van der Waals surface area contributed by atoms with E-state index < -0.39 is 0 Å². The number of carbonyl (C=O) groups is 1. The van der Waals surface area contributed by atoms with Crippen molar-refractivity contribution in [3.05, 3.63) is 35.9 Å². The van der Waals surface area contributed by atoms with Gasteiger partial charge in [-0.3, -0.25) is 4.68 Å². The highest BCUT2D eigenvalue weighted by Crippen LogP contribution is 2.20. The normalized spacial score (nSPS) is 10.4. The summed E-state index contributed by atoms with van der Waals surface area (Å²) in [6.45, 7) is 2.74. The number of nitrogens with two attached hydrogens (primary N) is 1. The lowest BCUT2D eigenvalue weighted by Crippen LogP contribution is -2.10. The fourth-order valence-electron chi connectivity index (χ4n) is 1.86. The number of hydrogen-bond donors (Lipinski definition) is 2. The average molecular weight is 289 g/mol. The quantitative estimate of drug-likeness (QED) is 0.613. The molecule has 1 heterocycles. The second-order valence-corrected chi connectivity index (χ2v) is 4.53. The molecule has 0 aliphatic heterocycles. The predicted molar refractivity (Wildman–Crippen MR) is 80.0 cm³/mol. The van der Waals surface area contributed by atoms with Gasteiger partial charge in [0.05, 0.1) is 23.5 Å². The van der Waals surface area contributed by atoms with Gasteiger partial charge in [-0.1, -0.05) is 0 Å². The van der Waals surface area contributed by atoms with E-state index in [1.165, 1.54) is 0 Å². The second kappa shape index (κ2) is 6.74. The van der Waals surface area contributed by atoms with Gasteiger partial charge in [0, 0.05) is 20.0 Å². The molecule has 0 aliphatic rings. The Morgan fingerprint density at radius 1 is 1.48 bits per heavy atom. The number of ether oxygens (including phenoxy) is 1. The predicted octanol–water partition coefficient (Wildman–Crippen LogP) is 1.23. The lowest BCUT2D eigenvalue weighted by molar-refractivity contribution is 0.0526. The van der Waals surface area contributed by atoms with Crippen molar-refractivity contribution >= 4 is 17.3 Å². The fraction of sp³-hybridized carbons (Fsp3) is 0.357. The number of nitrogens with one attached hydrogen (secondary N) is 1. The molecule has 1 aromatic heterocycles. The maximum Gasteiger partial charge on any atom is 0.338 e. The smallest absolute Gasteiger partial charge is 0.338 e. The average Bonchev–Trinajstić information content (AvgIpc) is 2.87. The number of esters is 1. The van der Waals surface area contributed by atoms with Gasteiger partial charge >= 0.3 is 5.97 Å². The summed E-state index contributed by atoms with van der Waals surface area (Å²) >= 11 is 0. The van der Waals surface area contributed by atoms with Crippen LogP contribution in [0.25, 0.3) is 0 Å². The molecule has 0 atom stereocenters. The van der Waals surface area contributed by atoms with Crippen molar-refractivity contribution in [1.82, 2.24) is 14.8 Å². The Balaban J connectivity index is 1.98. The Morgan fingerprint density at radius 3 is 2.95 bits per heavy atom. The van der Waals surface area contributed by atoms with E-state index in [9.17, 15) is 4.79 Å². The zero-order valence-corrected chi connectivity index (χ0v) is 12.2. The molecule has 0 amide bonds. The maximum atomic E-state index is 11.7. The van der Waals surface area contributed by atoms with Crippen molar-refractivity contribution in [1.29, 1.82) is 0 Å². The molecule has 0 unspecified atom stereocenters. The first-order valence-electron chi connectivity index (χ1n) is 6.75. The summed E-state index contributed by atoms with van der Waals surface area (Å²) in [4.78, 5) is 15.8. The minimum atomic E-state index is -0.355. The van der Waals surface area contributed by atoms with E-state index in [1.54, 1.807) is 36.1 Å². The van der Waals surface area contributed by atoms with Gasteiger partial charge in [0.15, 0.2) is 5.82 Å². The van der Waals surface area contributed by atoms with Crippen LogP contribution < -0.4 is 11.1 Å². The lowest BCUT2D eigenvalue weighted by Gasteiger charge is -2.10. The Labute approximate surface area is 123 Å². The summed E-state index contributed by atoms with van der Waals surface area (Å²) < 4.78 is 6.63. The van der Waals surface area contributed by atoms with Gasteiger partial charge in [-0.15, -0.1) is 0 Å². The molecule has 1 aromatic carbocycles. The fourth-order valence-corrected chi connectivity index (χ4v) is 1.86. The van der Waals surface area contributed by atoms with E-state index in [-0.39, 0.29) is 5.97 Å². The summed E-state index contributed by atoms with van der Waals surface area (Å²) in [5.74, 6) is 0.400. The number of benzene rings is 1. The van der Waals surface area contributed by atoms with Crippen molar-refractivity contribution in [3.63, 3.8) is 0 Å². The molecule has 2 rings (SSSR count). The summed E-state index contributed by atoms with van der Waals surface area (Å²) in [7, 11) is 1.82. The molecular weight excluding hydrogens is 270 g/mol. The Hall–Kier alpha value is -2.57. The Bertz CT molecular complexity index is 624. The van der Waals surface area contributed by atoms with Crippen LogP contribution >= 0.6 is 0 Å². The van der Waals surface area contributed by atoms with E-state index in [0.29, 0.717) is 36.5 Å². The number of carbonyl (C=O) groups excluding carboxylic acids is 1. The van der Waals surface area contributed by atoms with Gasteiger partial charge in [0.1, 0.15) is 6.33 Å². The molecule has 0 spiro atoms. The monoisotopic (exact) mass is 289 g/mol. The van der Waals surface area contributed by atoms with Crippen molar-refractivity contribution in [2.75, 3.05) is 24.2 Å². The van der Waals surface area contributed by atoms with Crippen LogP contribution in [0.2, 0.25) is 0 Å². The molecule has 0 fully saturated rings. The molecule has 0 bridgehead atoms. The standard InChI is InChI=1S/C14H19N5O2/c1-3-21-14(20)10-4-5-11(15)12(8-10)16-7-6-13-17-9-19(2)18-13/h4-5,8-9,16H,3,6-7,15H2,1-2H3.